The van der Waals surface area contributed by atoms with Crippen LogP contribution in [0, 0.1) is 5.92 Å². The van der Waals surface area contributed by atoms with Crippen LogP contribution in [0.3, 0.4) is 0 Å². The molecule has 0 unspecified atom stereocenters. The number of carbonyl (C=O) groups excluding carboxylic acids is 1. The molecule has 0 saturated heterocycles. The predicted octanol–water partition coefficient (Wildman–Crippen LogP) is 4.66. The van der Waals surface area contributed by atoms with Crippen LogP contribution in [-0.2, 0) is 13.5 Å². The lowest BCUT2D eigenvalue weighted by Crippen LogP contribution is -2.03. The van der Waals surface area contributed by atoms with Crippen molar-refractivity contribution in [2.45, 2.75) is 32.6 Å². The van der Waals surface area contributed by atoms with Crippen molar-refractivity contribution in [2.75, 3.05) is 12.4 Å². The third-order valence-electron chi connectivity index (χ3n) is 6.03. The number of H-pyrrole nitrogens is 1. The summed E-state index contributed by atoms with van der Waals surface area (Å²) >= 11 is 0. The van der Waals surface area contributed by atoms with Crippen molar-refractivity contribution in [3.63, 3.8) is 0 Å². The summed E-state index contributed by atoms with van der Waals surface area (Å²) in [5.74, 6) is 2.43. The summed E-state index contributed by atoms with van der Waals surface area (Å²) in [6, 6.07) is 9.58. The molecule has 1 fully saturated rings. The molecule has 1 aliphatic carbocycles. The molecule has 0 amide bonds. The van der Waals surface area contributed by atoms with Crippen molar-refractivity contribution in [1.82, 2.24) is 25.0 Å². The van der Waals surface area contributed by atoms with Gasteiger partial charge in [0.1, 0.15) is 5.75 Å². The molecule has 0 radical (unpaired) electrons. The largest absolute Gasteiger partial charge is 0.496 e. The Balaban J connectivity index is 1.44. The van der Waals surface area contributed by atoms with E-state index in [1.807, 2.05) is 43.6 Å². The Kier molecular flexibility index (Phi) is 5.13. The van der Waals surface area contributed by atoms with Crippen LogP contribution in [0.15, 0.2) is 36.5 Å². The van der Waals surface area contributed by atoms with E-state index in [0.29, 0.717) is 35.4 Å². The number of rotatable bonds is 8. The maximum Gasteiger partial charge on any atom is 0.225 e. The SMILES string of the molecule is CCc1c(Nc2nc(-c3ccc(C(=O)CC4CC4)c(OC)c3)nn2C)ccc2[nH]ncc12. The average molecular weight is 431 g/mol. The van der Waals surface area contributed by atoms with Gasteiger partial charge in [0.05, 0.1) is 24.4 Å². The molecule has 0 spiro atoms. The molecular formula is C24H26N6O2. The summed E-state index contributed by atoms with van der Waals surface area (Å²) in [6.07, 6.45) is 5.59. The van der Waals surface area contributed by atoms with E-state index < -0.39 is 0 Å². The highest BCUT2D eigenvalue weighted by Gasteiger charge is 2.26. The maximum atomic E-state index is 12.6. The van der Waals surface area contributed by atoms with Gasteiger partial charge in [-0.05, 0) is 55.0 Å². The number of methoxy groups -OCH3 is 1. The van der Waals surface area contributed by atoms with Crippen LogP contribution in [0.2, 0.25) is 0 Å². The zero-order valence-electron chi connectivity index (χ0n) is 18.5. The highest BCUT2D eigenvalue weighted by atomic mass is 16.5. The number of Topliss-reactive ketones (excluding diaryl/α,β-unsaturated/α-hetero) is 1. The molecule has 0 atom stereocenters. The molecule has 2 heterocycles. The molecule has 0 bridgehead atoms. The van der Waals surface area contributed by atoms with Gasteiger partial charge in [0, 0.05) is 30.1 Å². The van der Waals surface area contributed by atoms with Crippen LogP contribution in [0.1, 0.15) is 42.1 Å². The molecule has 1 saturated carbocycles. The number of ketones is 1. The minimum Gasteiger partial charge on any atom is -0.496 e. The van der Waals surface area contributed by atoms with E-state index in [4.69, 9.17) is 9.72 Å². The first kappa shape index (κ1) is 20.2. The Morgan fingerprint density at radius 3 is 2.88 bits per heavy atom. The van der Waals surface area contributed by atoms with Gasteiger partial charge in [-0.15, -0.1) is 5.10 Å². The summed E-state index contributed by atoms with van der Waals surface area (Å²) in [7, 11) is 3.44. The quantitative estimate of drug-likeness (QED) is 0.395. The van der Waals surface area contributed by atoms with Crippen LogP contribution >= 0.6 is 0 Å². The van der Waals surface area contributed by atoms with Gasteiger partial charge in [0.2, 0.25) is 5.95 Å². The predicted molar refractivity (Wildman–Crippen MR) is 123 cm³/mol. The second-order valence-electron chi connectivity index (χ2n) is 8.27. The molecule has 1 aliphatic rings. The number of nitrogens with zero attached hydrogens (tertiary/aromatic N) is 4. The molecule has 0 aliphatic heterocycles. The molecule has 2 aromatic heterocycles. The molecular weight excluding hydrogens is 404 g/mol. The number of nitrogens with one attached hydrogen (secondary N) is 2. The minimum absolute atomic E-state index is 0.133. The molecule has 5 rings (SSSR count). The van der Waals surface area contributed by atoms with Crippen LogP contribution < -0.4 is 10.1 Å². The number of ether oxygens (including phenoxy) is 1. The second-order valence-corrected chi connectivity index (χ2v) is 8.27. The molecule has 8 heteroatoms. The molecule has 32 heavy (non-hydrogen) atoms. The van der Waals surface area contributed by atoms with E-state index >= 15 is 0 Å². The highest BCUT2D eigenvalue weighted by molar-refractivity contribution is 5.99. The Morgan fingerprint density at radius 1 is 1.28 bits per heavy atom. The zero-order chi connectivity index (χ0) is 22.2. The first-order valence-electron chi connectivity index (χ1n) is 10.9. The minimum atomic E-state index is 0.133. The smallest absolute Gasteiger partial charge is 0.225 e. The lowest BCUT2D eigenvalue weighted by atomic mass is 10.0. The van der Waals surface area contributed by atoms with Crippen LogP contribution in [0.4, 0.5) is 11.6 Å². The van der Waals surface area contributed by atoms with Crippen LogP contribution in [0.5, 0.6) is 5.75 Å². The van der Waals surface area contributed by atoms with Gasteiger partial charge in [-0.1, -0.05) is 13.0 Å². The first-order valence-corrected chi connectivity index (χ1v) is 10.9. The van der Waals surface area contributed by atoms with Gasteiger partial charge in [-0.3, -0.25) is 9.89 Å². The van der Waals surface area contributed by atoms with Gasteiger partial charge < -0.3 is 10.1 Å². The van der Waals surface area contributed by atoms with Gasteiger partial charge in [-0.25, -0.2) is 4.68 Å². The zero-order valence-corrected chi connectivity index (χ0v) is 18.5. The van der Waals surface area contributed by atoms with E-state index in [1.165, 1.54) is 5.56 Å². The van der Waals surface area contributed by atoms with E-state index in [-0.39, 0.29) is 5.78 Å². The summed E-state index contributed by atoms with van der Waals surface area (Å²) < 4.78 is 7.23. The lowest BCUT2D eigenvalue weighted by molar-refractivity contribution is 0.0973. The molecule has 164 valence electrons. The van der Waals surface area contributed by atoms with Crippen molar-refractivity contribution in [3.05, 3.63) is 47.7 Å². The monoisotopic (exact) mass is 430 g/mol. The number of benzene rings is 2. The fraction of sp³-hybridized carbons (Fsp3) is 0.333. The number of anilines is 2. The number of aromatic amines is 1. The van der Waals surface area contributed by atoms with E-state index in [0.717, 1.165) is 41.4 Å². The standard InChI is InChI=1S/C24H26N6O2/c1-4-16-18-13-25-28-20(18)10-9-19(16)26-24-27-23(29-30(24)2)15-7-8-17(22(12-15)32-3)21(31)11-14-5-6-14/h7-10,12-14H,4-6,11H2,1-3H3,(H,25,28)(H,26,27,29). The van der Waals surface area contributed by atoms with E-state index in [9.17, 15) is 4.79 Å². The summed E-state index contributed by atoms with van der Waals surface area (Å²) in [4.78, 5) is 17.3. The number of aryl methyl sites for hydroxylation is 2. The number of hydrogen-bond donors (Lipinski definition) is 2. The third-order valence-corrected chi connectivity index (χ3v) is 6.03. The topological polar surface area (TPSA) is 97.7 Å². The van der Waals surface area contributed by atoms with Crippen molar-refractivity contribution in [3.8, 4) is 17.1 Å². The Hall–Kier alpha value is -3.68. The van der Waals surface area contributed by atoms with Crippen molar-refractivity contribution in [2.24, 2.45) is 13.0 Å². The van der Waals surface area contributed by atoms with Crippen molar-refractivity contribution >= 4 is 28.3 Å². The van der Waals surface area contributed by atoms with Crippen molar-refractivity contribution in [1.29, 1.82) is 0 Å². The van der Waals surface area contributed by atoms with Gasteiger partial charge in [-0.2, -0.15) is 10.1 Å². The lowest BCUT2D eigenvalue weighted by Gasteiger charge is -2.10. The number of hydrogen-bond acceptors (Lipinski definition) is 6. The first-order chi connectivity index (χ1) is 15.6. The Labute approximate surface area is 186 Å². The number of fused-ring (bicyclic) bond motifs is 1. The fourth-order valence-corrected chi connectivity index (χ4v) is 4.06. The van der Waals surface area contributed by atoms with Gasteiger partial charge in [0.15, 0.2) is 11.6 Å². The Morgan fingerprint density at radius 2 is 2.12 bits per heavy atom. The fourth-order valence-electron chi connectivity index (χ4n) is 4.06. The summed E-state index contributed by atoms with van der Waals surface area (Å²) in [5.41, 5.74) is 4.57. The molecule has 2 N–H and O–H groups in total. The number of carbonyl (C=O) groups is 1. The third kappa shape index (κ3) is 3.72. The average Bonchev–Trinajstić information content (AvgIpc) is 3.35. The molecule has 8 nitrogen and oxygen atoms in total. The van der Waals surface area contributed by atoms with Gasteiger partial charge in [0.25, 0.3) is 0 Å². The number of aromatic nitrogens is 5. The summed E-state index contributed by atoms with van der Waals surface area (Å²) in [5, 5.41) is 16.2. The maximum absolute atomic E-state index is 12.6. The Bertz CT molecular complexity index is 1300. The van der Waals surface area contributed by atoms with Crippen LogP contribution in [-0.4, -0.2) is 37.9 Å². The van der Waals surface area contributed by atoms with Crippen molar-refractivity contribution < 1.29 is 9.53 Å². The van der Waals surface area contributed by atoms with E-state index in [2.05, 4.69) is 27.5 Å². The van der Waals surface area contributed by atoms with E-state index in [1.54, 1.807) is 11.8 Å². The van der Waals surface area contributed by atoms with Crippen LogP contribution in [0.25, 0.3) is 22.3 Å². The molecule has 2 aromatic carbocycles. The molecule has 4 aromatic rings. The van der Waals surface area contributed by atoms with Gasteiger partial charge >= 0.3 is 0 Å². The highest BCUT2D eigenvalue weighted by Crippen LogP contribution is 2.36. The second kappa shape index (κ2) is 8.11. The summed E-state index contributed by atoms with van der Waals surface area (Å²) in [6.45, 7) is 2.12. The normalized spacial score (nSPS) is 13.5.